The van der Waals surface area contributed by atoms with Crippen LogP contribution in [-0.4, -0.2) is 39.0 Å². The van der Waals surface area contributed by atoms with Gasteiger partial charge >= 0.3 is 5.69 Å². The maximum atomic E-state index is 12.7. The highest BCUT2D eigenvalue weighted by Gasteiger charge is 2.16. The van der Waals surface area contributed by atoms with Gasteiger partial charge in [0.2, 0.25) is 0 Å². The zero-order chi connectivity index (χ0) is 20.4. The first-order chi connectivity index (χ1) is 14.1. The summed E-state index contributed by atoms with van der Waals surface area (Å²) in [7, 11) is 3.17. The number of methoxy groups -OCH3 is 2. The van der Waals surface area contributed by atoms with Gasteiger partial charge in [-0.05, 0) is 34.7 Å². The number of hydrogen-bond acceptors (Lipinski definition) is 7. The van der Waals surface area contributed by atoms with Crippen LogP contribution in [0.5, 0.6) is 11.5 Å². The van der Waals surface area contributed by atoms with Crippen LogP contribution in [0.15, 0.2) is 52.6 Å². The van der Waals surface area contributed by atoms with Crippen molar-refractivity contribution in [3.63, 3.8) is 0 Å². The zero-order valence-electron chi connectivity index (χ0n) is 15.6. The van der Waals surface area contributed by atoms with Crippen LogP contribution in [0.25, 0.3) is 16.3 Å². The zero-order valence-corrected chi connectivity index (χ0v) is 17.1. The molecule has 2 aromatic heterocycles. The number of tetrazole rings is 1. The molecule has 4 aromatic rings. The quantitative estimate of drug-likeness (QED) is 0.467. The SMILES string of the molecule is COc1cccc(-c2nc(Cn3nnn(-c4ccccc4Cl)c3=O)cs2)c1OC. The molecule has 0 unspecified atom stereocenters. The Hall–Kier alpha value is -3.17. The molecule has 148 valence electrons. The summed E-state index contributed by atoms with van der Waals surface area (Å²) in [6.45, 7) is 0.187. The lowest BCUT2D eigenvalue weighted by Gasteiger charge is -2.10. The summed E-state index contributed by atoms with van der Waals surface area (Å²) in [5, 5.41) is 10.9. The lowest BCUT2D eigenvalue weighted by Crippen LogP contribution is -2.25. The Morgan fingerprint density at radius 3 is 2.66 bits per heavy atom. The third-order valence-corrected chi connectivity index (χ3v) is 5.46. The lowest BCUT2D eigenvalue weighted by atomic mass is 10.2. The first-order valence-corrected chi connectivity index (χ1v) is 9.81. The third kappa shape index (κ3) is 3.62. The second-order valence-corrected chi connectivity index (χ2v) is 7.23. The summed E-state index contributed by atoms with van der Waals surface area (Å²) in [6.07, 6.45) is 0. The van der Waals surface area contributed by atoms with Crippen molar-refractivity contribution in [1.29, 1.82) is 0 Å². The molecule has 0 saturated carbocycles. The molecule has 0 aliphatic heterocycles. The molecule has 0 amide bonds. The molecule has 0 bridgehead atoms. The number of ether oxygens (including phenoxy) is 2. The van der Waals surface area contributed by atoms with Crippen LogP contribution in [-0.2, 0) is 6.54 Å². The van der Waals surface area contributed by atoms with E-state index in [1.54, 1.807) is 38.5 Å². The molecule has 8 nitrogen and oxygen atoms in total. The van der Waals surface area contributed by atoms with Crippen molar-refractivity contribution in [2.24, 2.45) is 0 Å². The lowest BCUT2D eigenvalue weighted by molar-refractivity contribution is 0.356. The van der Waals surface area contributed by atoms with Crippen LogP contribution in [0.3, 0.4) is 0 Å². The normalized spacial score (nSPS) is 10.9. The molecule has 10 heteroatoms. The number of para-hydroxylation sites is 2. The smallest absolute Gasteiger partial charge is 0.368 e. The highest BCUT2D eigenvalue weighted by Crippen LogP contribution is 2.38. The molecular weight excluding hydrogens is 414 g/mol. The Morgan fingerprint density at radius 2 is 1.90 bits per heavy atom. The molecule has 0 spiro atoms. The van der Waals surface area contributed by atoms with Gasteiger partial charge in [-0.25, -0.2) is 9.78 Å². The van der Waals surface area contributed by atoms with Crippen molar-refractivity contribution >= 4 is 22.9 Å². The van der Waals surface area contributed by atoms with E-state index >= 15 is 0 Å². The Morgan fingerprint density at radius 1 is 1.07 bits per heavy atom. The molecule has 0 radical (unpaired) electrons. The Balaban J connectivity index is 1.63. The van der Waals surface area contributed by atoms with Crippen LogP contribution >= 0.6 is 22.9 Å². The van der Waals surface area contributed by atoms with Gasteiger partial charge in [0.25, 0.3) is 0 Å². The highest BCUT2D eigenvalue weighted by molar-refractivity contribution is 7.13. The van der Waals surface area contributed by atoms with Crippen LogP contribution in [0.4, 0.5) is 0 Å². The van der Waals surface area contributed by atoms with Gasteiger partial charge in [-0.2, -0.15) is 9.36 Å². The summed E-state index contributed by atoms with van der Waals surface area (Å²) in [5.74, 6) is 1.23. The van der Waals surface area contributed by atoms with Gasteiger partial charge in [0.05, 0.1) is 42.7 Å². The number of halogens is 1. The minimum atomic E-state index is -0.397. The molecule has 0 N–H and O–H groups in total. The van der Waals surface area contributed by atoms with E-state index in [-0.39, 0.29) is 6.54 Å². The molecular formula is C19H16ClN5O3S. The first kappa shape index (κ1) is 19.2. The fourth-order valence-corrected chi connectivity index (χ4v) is 3.91. The Bertz CT molecular complexity index is 1220. The van der Waals surface area contributed by atoms with Gasteiger partial charge in [-0.3, -0.25) is 0 Å². The fraction of sp³-hybridized carbons (Fsp3) is 0.158. The predicted octanol–water partition coefficient (Wildman–Crippen LogP) is 3.27. The van der Waals surface area contributed by atoms with Gasteiger partial charge in [0.15, 0.2) is 11.5 Å². The second-order valence-electron chi connectivity index (χ2n) is 5.97. The van der Waals surface area contributed by atoms with E-state index in [1.165, 1.54) is 20.7 Å². The van der Waals surface area contributed by atoms with Crippen molar-refractivity contribution in [3.05, 3.63) is 69.0 Å². The average Bonchev–Trinajstić information content (AvgIpc) is 3.35. The number of benzene rings is 2. The van der Waals surface area contributed by atoms with E-state index in [9.17, 15) is 4.79 Å². The largest absolute Gasteiger partial charge is 0.493 e. The second kappa shape index (κ2) is 8.06. The maximum Gasteiger partial charge on any atom is 0.368 e. The van der Waals surface area contributed by atoms with Crippen molar-refractivity contribution in [1.82, 2.24) is 24.8 Å². The molecule has 0 aliphatic rings. The van der Waals surface area contributed by atoms with Crippen molar-refractivity contribution < 1.29 is 9.47 Å². The van der Waals surface area contributed by atoms with E-state index < -0.39 is 5.69 Å². The predicted molar refractivity (Wildman–Crippen MR) is 110 cm³/mol. The number of nitrogens with zero attached hydrogens (tertiary/aromatic N) is 5. The molecule has 0 aliphatic carbocycles. The number of rotatable bonds is 6. The van der Waals surface area contributed by atoms with Crippen LogP contribution < -0.4 is 15.2 Å². The molecule has 4 rings (SSSR count). The van der Waals surface area contributed by atoms with E-state index in [0.717, 1.165) is 10.6 Å². The number of hydrogen-bond donors (Lipinski definition) is 0. The van der Waals surface area contributed by atoms with Crippen molar-refractivity contribution in [2.45, 2.75) is 6.54 Å². The van der Waals surface area contributed by atoms with E-state index in [2.05, 4.69) is 15.4 Å². The minimum Gasteiger partial charge on any atom is -0.493 e. The molecule has 0 fully saturated rings. The number of thiazole rings is 1. The van der Waals surface area contributed by atoms with Gasteiger partial charge < -0.3 is 9.47 Å². The Labute approximate surface area is 174 Å². The molecule has 0 atom stereocenters. The van der Waals surface area contributed by atoms with E-state index in [1.807, 2.05) is 23.6 Å². The summed E-state index contributed by atoms with van der Waals surface area (Å²) in [4.78, 5) is 17.3. The van der Waals surface area contributed by atoms with Crippen LogP contribution in [0, 0.1) is 0 Å². The van der Waals surface area contributed by atoms with Gasteiger partial charge in [0.1, 0.15) is 5.01 Å². The summed E-state index contributed by atoms with van der Waals surface area (Å²) >= 11 is 7.60. The van der Waals surface area contributed by atoms with Gasteiger partial charge in [-0.1, -0.05) is 29.8 Å². The maximum absolute atomic E-state index is 12.7. The van der Waals surface area contributed by atoms with Gasteiger partial charge in [0, 0.05) is 5.38 Å². The number of aromatic nitrogens is 5. The third-order valence-electron chi connectivity index (χ3n) is 4.22. The van der Waals surface area contributed by atoms with E-state index in [4.69, 9.17) is 21.1 Å². The van der Waals surface area contributed by atoms with Crippen LogP contribution in [0.1, 0.15) is 5.69 Å². The summed E-state index contributed by atoms with van der Waals surface area (Å²) in [5.41, 5.74) is 1.58. The van der Waals surface area contributed by atoms with Crippen molar-refractivity contribution in [2.75, 3.05) is 14.2 Å². The summed E-state index contributed by atoms with van der Waals surface area (Å²) < 4.78 is 13.2. The topological polar surface area (TPSA) is 84.1 Å². The summed E-state index contributed by atoms with van der Waals surface area (Å²) in [6, 6.07) is 12.6. The average molecular weight is 430 g/mol. The first-order valence-electron chi connectivity index (χ1n) is 8.56. The van der Waals surface area contributed by atoms with Crippen molar-refractivity contribution in [3.8, 4) is 27.8 Å². The van der Waals surface area contributed by atoms with Gasteiger partial charge in [-0.15, -0.1) is 11.3 Å². The molecule has 2 heterocycles. The van der Waals surface area contributed by atoms with E-state index in [0.29, 0.717) is 27.9 Å². The molecule has 29 heavy (non-hydrogen) atoms. The Kier molecular flexibility index (Phi) is 5.32. The minimum absolute atomic E-state index is 0.187. The standard InChI is InChI=1S/C19H16ClN5O3S/c1-27-16-9-5-6-13(17(16)28-2)18-21-12(11-29-18)10-24-19(26)25(23-22-24)15-8-4-3-7-14(15)20/h3-9,11H,10H2,1-2H3. The highest BCUT2D eigenvalue weighted by atomic mass is 35.5. The van der Waals surface area contributed by atoms with Crippen LogP contribution in [0.2, 0.25) is 5.02 Å². The molecule has 2 aromatic carbocycles. The fourth-order valence-electron chi connectivity index (χ4n) is 2.86. The molecule has 0 saturated heterocycles. The monoisotopic (exact) mass is 429 g/mol.